The first-order chi connectivity index (χ1) is 10.9. The Morgan fingerprint density at radius 2 is 2.00 bits per heavy atom. The molecule has 3 unspecified atom stereocenters. The van der Waals surface area contributed by atoms with Crippen molar-refractivity contribution in [1.29, 1.82) is 0 Å². The molecule has 0 radical (unpaired) electrons. The maximum atomic E-state index is 12.7. The molecule has 126 valence electrons. The standard InChI is InChI=1S/C17H23ClN2O3/c1-11-10-23-12(2)9-20(11)17(22)8-16(19-13(3)21)14-4-6-15(18)7-5-14/h4-7,11-12,16H,8-10H2,1-3H3,(H,19,21). The van der Waals surface area contributed by atoms with Crippen molar-refractivity contribution in [3.63, 3.8) is 0 Å². The van der Waals surface area contributed by atoms with Crippen molar-refractivity contribution >= 4 is 23.4 Å². The third-order valence-electron chi connectivity index (χ3n) is 3.96. The molecule has 0 aromatic heterocycles. The van der Waals surface area contributed by atoms with Gasteiger partial charge in [-0.25, -0.2) is 0 Å². The maximum Gasteiger partial charge on any atom is 0.225 e. The summed E-state index contributed by atoms with van der Waals surface area (Å²) in [6, 6.07) is 6.87. The zero-order valence-corrected chi connectivity index (χ0v) is 14.5. The van der Waals surface area contributed by atoms with Gasteiger partial charge in [-0.15, -0.1) is 0 Å². The molecule has 1 saturated heterocycles. The summed E-state index contributed by atoms with van der Waals surface area (Å²) < 4.78 is 5.56. The molecule has 2 amide bonds. The average Bonchev–Trinajstić information content (AvgIpc) is 2.49. The summed E-state index contributed by atoms with van der Waals surface area (Å²) in [6.45, 7) is 6.50. The fourth-order valence-corrected chi connectivity index (χ4v) is 2.86. The summed E-state index contributed by atoms with van der Waals surface area (Å²) in [4.78, 5) is 26.0. The predicted octanol–water partition coefficient (Wildman–Crippen LogP) is 2.54. The summed E-state index contributed by atoms with van der Waals surface area (Å²) in [7, 11) is 0. The van der Waals surface area contributed by atoms with Crippen LogP contribution in [0.3, 0.4) is 0 Å². The zero-order chi connectivity index (χ0) is 17.0. The number of nitrogens with zero attached hydrogens (tertiary/aromatic N) is 1. The second kappa shape index (κ2) is 7.79. The number of rotatable bonds is 4. The van der Waals surface area contributed by atoms with Crippen molar-refractivity contribution in [3.05, 3.63) is 34.9 Å². The van der Waals surface area contributed by atoms with Gasteiger partial charge in [0.15, 0.2) is 0 Å². The fraction of sp³-hybridized carbons (Fsp3) is 0.529. The number of ether oxygens (including phenoxy) is 1. The van der Waals surface area contributed by atoms with Crippen molar-refractivity contribution in [2.24, 2.45) is 0 Å². The molecule has 3 atom stereocenters. The summed E-state index contributed by atoms with van der Waals surface area (Å²) in [5.74, 6) is -0.150. The van der Waals surface area contributed by atoms with Crippen molar-refractivity contribution < 1.29 is 14.3 Å². The molecule has 1 aliphatic rings. The van der Waals surface area contributed by atoms with E-state index >= 15 is 0 Å². The van der Waals surface area contributed by atoms with E-state index in [2.05, 4.69) is 5.32 Å². The van der Waals surface area contributed by atoms with Crippen LogP contribution in [-0.4, -0.2) is 42.0 Å². The lowest BCUT2D eigenvalue weighted by molar-refractivity contribution is -0.143. The highest BCUT2D eigenvalue weighted by Gasteiger charge is 2.29. The van der Waals surface area contributed by atoms with E-state index in [1.807, 2.05) is 30.9 Å². The first kappa shape index (κ1) is 17.8. The Labute approximate surface area is 141 Å². The van der Waals surface area contributed by atoms with E-state index in [4.69, 9.17) is 16.3 Å². The molecule has 1 aromatic carbocycles. The molecular weight excluding hydrogens is 316 g/mol. The lowest BCUT2D eigenvalue weighted by Crippen LogP contribution is -2.51. The van der Waals surface area contributed by atoms with Crippen LogP contribution in [0.25, 0.3) is 0 Å². The molecule has 0 saturated carbocycles. The Hall–Kier alpha value is -1.59. The van der Waals surface area contributed by atoms with Gasteiger partial charge in [0.1, 0.15) is 0 Å². The molecule has 1 aliphatic heterocycles. The van der Waals surface area contributed by atoms with Gasteiger partial charge in [0.05, 0.1) is 31.2 Å². The lowest BCUT2D eigenvalue weighted by Gasteiger charge is -2.37. The minimum atomic E-state index is -0.359. The van der Waals surface area contributed by atoms with Crippen molar-refractivity contribution in [3.8, 4) is 0 Å². The number of carbonyl (C=O) groups excluding carboxylic acids is 2. The van der Waals surface area contributed by atoms with Crippen LogP contribution in [-0.2, 0) is 14.3 Å². The number of benzene rings is 1. The van der Waals surface area contributed by atoms with Gasteiger partial charge in [-0.3, -0.25) is 9.59 Å². The Bertz CT molecular complexity index is 561. The number of halogens is 1. The summed E-state index contributed by atoms with van der Waals surface area (Å²) >= 11 is 5.91. The normalized spacial score (nSPS) is 22.5. The predicted molar refractivity (Wildman–Crippen MR) is 89.2 cm³/mol. The monoisotopic (exact) mass is 338 g/mol. The van der Waals surface area contributed by atoms with Gasteiger partial charge in [0.25, 0.3) is 0 Å². The Balaban J connectivity index is 2.11. The highest BCUT2D eigenvalue weighted by atomic mass is 35.5. The zero-order valence-electron chi connectivity index (χ0n) is 13.7. The topological polar surface area (TPSA) is 58.6 Å². The Morgan fingerprint density at radius 3 is 2.61 bits per heavy atom. The van der Waals surface area contributed by atoms with Crippen LogP contribution in [0.2, 0.25) is 5.02 Å². The molecule has 1 N–H and O–H groups in total. The van der Waals surface area contributed by atoms with Crippen LogP contribution >= 0.6 is 11.6 Å². The fourth-order valence-electron chi connectivity index (χ4n) is 2.74. The van der Waals surface area contributed by atoms with Gasteiger partial charge < -0.3 is 15.0 Å². The number of carbonyl (C=O) groups is 2. The molecule has 1 heterocycles. The van der Waals surface area contributed by atoms with Crippen molar-refractivity contribution in [2.75, 3.05) is 13.2 Å². The van der Waals surface area contributed by atoms with Crippen LogP contribution in [0.1, 0.15) is 38.8 Å². The average molecular weight is 339 g/mol. The third kappa shape index (κ3) is 4.94. The van der Waals surface area contributed by atoms with Gasteiger partial charge in [-0.2, -0.15) is 0 Å². The molecular formula is C17H23ClN2O3. The highest BCUT2D eigenvalue weighted by molar-refractivity contribution is 6.30. The highest BCUT2D eigenvalue weighted by Crippen LogP contribution is 2.22. The Morgan fingerprint density at radius 1 is 1.35 bits per heavy atom. The molecule has 1 aromatic rings. The van der Waals surface area contributed by atoms with Crippen LogP contribution < -0.4 is 5.32 Å². The minimum absolute atomic E-state index is 0.0151. The summed E-state index contributed by atoms with van der Waals surface area (Å²) in [5.41, 5.74) is 0.868. The molecule has 1 fully saturated rings. The number of hydrogen-bond acceptors (Lipinski definition) is 3. The lowest BCUT2D eigenvalue weighted by atomic mass is 10.0. The van der Waals surface area contributed by atoms with E-state index in [9.17, 15) is 9.59 Å². The van der Waals surface area contributed by atoms with Crippen molar-refractivity contribution in [1.82, 2.24) is 10.2 Å². The molecule has 5 nitrogen and oxygen atoms in total. The number of amides is 2. The Kier molecular flexibility index (Phi) is 6.02. The maximum absolute atomic E-state index is 12.7. The van der Waals surface area contributed by atoms with E-state index < -0.39 is 0 Å². The third-order valence-corrected chi connectivity index (χ3v) is 4.21. The van der Waals surface area contributed by atoms with E-state index in [0.29, 0.717) is 18.2 Å². The van der Waals surface area contributed by atoms with Crippen LogP contribution in [0.5, 0.6) is 0 Å². The van der Waals surface area contributed by atoms with E-state index in [0.717, 1.165) is 5.56 Å². The SMILES string of the molecule is CC(=O)NC(CC(=O)N1CC(C)OCC1C)c1ccc(Cl)cc1. The molecule has 23 heavy (non-hydrogen) atoms. The van der Waals surface area contributed by atoms with Gasteiger partial charge in [-0.1, -0.05) is 23.7 Å². The number of hydrogen-bond donors (Lipinski definition) is 1. The second-order valence-electron chi connectivity index (χ2n) is 6.05. The van der Waals surface area contributed by atoms with Gasteiger partial charge >= 0.3 is 0 Å². The van der Waals surface area contributed by atoms with Crippen LogP contribution in [0.15, 0.2) is 24.3 Å². The molecule has 0 aliphatic carbocycles. The first-order valence-electron chi connectivity index (χ1n) is 7.80. The molecule has 0 bridgehead atoms. The smallest absolute Gasteiger partial charge is 0.225 e. The van der Waals surface area contributed by atoms with Gasteiger partial charge in [-0.05, 0) is 31.5 Å². The van der Waals surface area contributed by atoms with Gasteiger partial charge in [0, 0.05) is 18.5 Å². The van der Waals surface area contributed by atoms with Crippen molar-refractivity contribution in [2.45, 2.75) is 45.4 Å². The minimum Gasteiger partial charge on any atom is -0.375 e. The number of nitrogens with one attached hydrogen (secondary N) is 1. The largest absolute Gasteiger partial charge is 0.375 e. The quantitative estimate of drug-likeness (QED) is 0.917. The van der Waals surface area contributed by atoms with Gasteiger partial charge in [0.2, 0.25) is 11.8 Å². The summed E-state index contributed by atoms with van der Waals surface area (Å²) in [6.07, 6.45) is 0.253. The summed E-state index contributed by atoms with van der Waals surface area (Å²) in [5, 5.41) is 3.47. The second-order valence-corrected chi connectivity index (χ2v) is 6.48. The van der Waals surface area contributed by atoms with E-state index in [1.54, 1.807) is 12.1 Å². The van der Waals surface area contributed by atoms with Crippen LogP contribution in [0.4, 0.5) is 0 Å². The van der Waals surface area contributed by atoms with E-state index in [1.165, 1.54) is 6.92 Å². The van der Waals surface area contributed by atoms with Crippen LogP contribution in [0, 0.1) is 0 Å². The van der Waals surface area contributed by atoms with E-state index in [-0.39, 0.29) is 36.4 Å². The molecule has 6 heteroatoms. The molecule has 0 spiro atoms. The molecule has 2 rings (SSSR count). The first-order valence-corrected chi connectivity index (χ1v) is 8.18. The number of morpholine rings is 1.